The zero-order valence-electron chi connectivity index (χ0n) is 13.6. The Bertz CT molecular complexity index is 977. The second kappa shape index (κ2) is 8.40. The molecule has 0 spiro atoms. The van der Waals surface area contributed by atoms with E-state index in [4.69, 9.17) is 0 Å². The van der Waals surface area contributed by atoms with Crippen molar-refractivity contribution < 1.29 is 22.8 Å². The van der Waals surface area contributed by atoms with Crippen LogP contribution in [0, 0.1) is 17.5 Å². The Balaban J connectivity index is 1.47. The number of anilines is 1. The minimum Gasteiger partial charge on any atom is -0.346 e. The molecule has 5 nitrogen and oxygen atoms in total. The summed E-state index contributed by atoms with van der Waals surface area (Å²) < 4.78 is 41.2. The molecule has 0 atom stereocenters. The first-order chi connectivity index (χ1) is 12.9. The second-order valence-electron chi connectivity index (χ2n) is 5.28. The lowest BCUT2D eigenvalue weighted by Crippen LogP contribution is -2.34. The van der Waals surface area contributed by atoms with Crippen LogP contribution in [0.4, 0.5) is 18.9 Å². The largest absolute Gasteiger partial charge is 0.346 e. The van der Waals surface area contributed by atoms with Crippen molar-refractivity contribution >= 4 is 50.8 Å². The number of fused-ring (bicyclic) bond motifs is 1. The molecule has 0 aliphatic rings. The summed E-state index contributed by atoms with van der Waals surface area (Å²) in [5.41, 5.74) is 0.343. The zero-order chi connectivity index (χ0) is 19.4. The number of rotatable bonds is 6. The van der Waals surface area contributed by atoms with Crippen molar-refractivity contribution in [3.63, 3.8) is 0 Å². The number of benzene rings is 2. The van der Waals surface area contributed by atoms with Crippen LogP contribution in [-0.4, -0.2) is 29.1 Å². The molecule has 3 aromatic rings. The van der Waals surface area contributed by atoms with Crippen LogP contribution in [-0.2, 0) is 9.59 Å². The normalized spacial score (nSPS) is 10.8. The number of thioether (sulfide) groups is 1. The summed E-state index contributed by atoms with van der Waals surface area (Å²) in [7, 11) is 0. The van der Waals surface area contributed by atoms with Crippen molar-refractivity contribution in [3.05, 3.63) is 53.8 Å². The van der Waals surface area contributed by atoms with Crippen LogP contribution in [0.25, 0.3) is 10.2 Å². The first-order valence-corrected chi connectivity index (χ1v) is 9.42. The second-order valence-corrected chi connectivity index (χ2v) is 7.54. The third kappa shape index (κ3) is 4.77. The third-order valence-electron chi connectivity index (χ3n) is 3.36. The first kappa shape index (κ1) is 19.2. The SMILES string of the molecule is O=C(CSc1nc2ccccc2s1)NCC(=O)Nc1ccc(F)c(F)c1F. The van der Waals surface area contributed by atoms with Crippen molar-refractivity contribution in [2.24, 2.45) is 0 Å². The first-order valence-electron chi connectivity index (χ1n) is 7.62. The van der Waals surface area contributed by atoms with Gasteiger partial charge in [0.15, 0.2) is 21.8 Å². The van der Waals surface area contributed by atoms with Gasteiger partial charge in [-0.05, 0) is 24.3 Å². The van der Waals surface area contributed by atoms with Gasteiger partial charge in [0.1, 0.15) is 0 Å². The Kier molecular flexibility index (Phi) is 5.97. The summed E-state index contributed by atoms with van der Waals surface area (Å²) in [5.74, 6) is -5.67. The van der Waals surface area contributed by atoms with E-state index in [0.717, 1.165) is 20.6 Å². The summed E-state index contributed by atoms with van der Waals surface area (Å²) in [6.07, 6.45) is 0. The van der Waals surface area contributed by atoms with Crippen LogP contribution >= 0.6 is 23.1 Å². The number of hydrogen-bond acceptors (Lipinski definition) is 5. The maximum absolute atomic E-state index is 13.5. The maximum Gasteiger partial charge on any atom is 0.243 e. The van der Waals surface area contributed by atoms with Crippen LogP contribution in [0.15, 0.2) is 40.7 Å². The van der Waals surface area contributed by atoms with Crippen molar-refractivity contribution in [1.29, 1.82) is 0 Å². The van der Waals surface area contributed by atoms with Crippen LogP contribution < -0.4 is 10.6 Å². The van der Waals surface area contributed by atoms with Crippen molar-refractivity contribution in [1.82, 2.24) is 10.3 Å². The molecule has 0 radical (unpaired) electrons. The van der Waals surface area contributed by atoms with Gasteiger partial charge in [0, 0.05) is 0 Å². The van der Waals surface area contributed by atoms with Crippen LogP contribution in [0.3, 0.4) is 0 Å². The Morgan fingerprint density at radius 2 is 1.81 bits per heavy atom. The molecule has 0 unspecified atom stereocenters. The van der Waals surface area contributed by atoms with Crippen molar-refractivity contribution in [2.45, 2.75) is 4.34 Å². The number of carbonyl (C=O) groups is 2. The molecule has 2 aromatic carbocycles. The fourth-order valence-electron chi connectivity index (χ4n) is 2.09. The molecule has 0 bridgehead atoms. The zero-order valence-corrected chi connectivity index (χ0v) is 15.2. The van der Waals surface area contributed by atoms with E-state index < -0.39 is 41.5 Å². The van der Waals surface area contributed by atoms with E-state index in [0.29, 0.717) is 6.07 Å². The minimum atomic E-state index is -1.68. The van der Waals surface area contributed by atoms with Gasteiger partial charge in [0.25, 0.3) is 0 Å². The maximum atomic E-state index is 13.5. The van der Waals surface area contributed by atoms with Gasteiger partial charge in [-0.1, -0.05) is 23.9 Å². The average molecular weight is 411 g/mol. The summed E-state index contributed by atoms with van der Waals surface area (Å²) in [6.45, 7) is -0.433. The van der Waals surface area contributed by atoms with Crippen LogP contribution in [0.5, 0.6) is 0 Å². The van der Waals surface area contributed by atoms with Crippen molar-refractivity contribution in [3.8, 4) is 0 Å². The van der Waals surface area contributed by atoms with Gasteiger partial charge in [-0.15, -0.1) is 11.3 Å². The number of amides is 2. The molecule has 3 rings (SSSR count). The molecular weight excluding hydrogens is 399 g/mol. The van der Waals surface area contributed by atoms with Crippen LogP contribution in [0.1, 0.15) is 0 Å². The number of carbonyl (C=O) groups excluding carboxylic acids is 2. The number of para-hydroxylation sites is 1. The molecule has 10 heteroatoms. The fraction of sp³-hybridized carbons (Fsp3) is 0.118. The Morgan fingerprint density at radius 3 is 2.59 bits per heavy atom. The number of aromatic nitrogens is 1. The molecule has 1 aromatic heterocycles. The molecule has 2 amide bonds. The number of hydrogen-bond donors (Lipinski definition) is 2. The molecular formula is C17H12F3N3O2S2. The van der Waals surface area contributed by atoms with E-state index in [9.17, 15) is 22.8 Å². The van der Waals surface area contributed by atoms with Gasteiger partial charge >= 0.3 is 0 Å². The number of halogens is 3. The Hall–Kier alpha value is -2.59. The van der Waals surface area contributed by atoms with E-state index in [-0.39, 0.29) is 5.75 Å². The van der Waals surface area contributed by atoms with Gasteiger partial charge in [-0.2, -0.15) is 0 Å². The van der Waals surface area contributed by atoms with Gasteiger partial charge in [0.2, 0.25) is 11.8 Å². The van der Waals surface area contributed by atoms with Gasteiger partial charge in [-0.3, -0.25) is 9.59 Å². The lowest BCUT2D eigenvalue weighted by Gasteiger charge is -2.08. The van der Waals surface area contributed by atoms with Gasteiger partial charge in [-0.25, -0.2) is 18.2 Å². The number of nitrogens with one attached hydrogen (secondary N) is 2. The molecule has 27 heavy (non-hydrogen) atoms. The molecule has 140 valence electrons. The molecule has 0 aliphatic heterocycles. The topological polar surface area (TPSA) is 71.1 Å². The average Bonchev–Trinajstić information content (AvgIpc) is 3.08. The van der Waals surface area contributed by atoms with Crippen molar-refractivity contribution in [2.75, 3.05) is 17.6 Å². The third-order valence-corrected chi connectivity index (χ3v) is 5.54. The smallest absolute Gasteiger partial charge is 0.243 e. The quantitative estimate of drug-likeness (QED) is 0.481. The van der Waals surface area contributed by atoms with E-state index in [1.165, 1.54) is 23.1 Å². The predicted molar refractivity (Wildman–Crippen MR) is 98.3 cm³/mol. The standard InChI is InChI=1S/C17H12F3N3O2S2/c18-9-5-6-11(16(20)15(9)19)22-13(24)7-21-14(25)8-26-17-23-10-3-1-2-4-12(10)27-17/h1-6H,7-8H2,(H,21,25)(H,22,24). The highest BCUT2D eigenvalue weighted by molar-refractivity contribution is 8.01. The highest BCUT2D eigenvalue weighted by Gasteiger charge is 2.15. The van der Waals surface area contributed by atoms with Gasteiger partial charge in [0.05, 0.1) is 28.2 Å². The lowest BCUT2D eigenvalue weighted by molar-refractivity contribution is -0.122. The van der Waals surface area contributed by atoms with Crippen LogP contribution in [0.2, 0.25) is 0 Å². The summed E-state index contributed by atoms with van der Waals surface area (Å²) in [5, 5.41) is 4.44. The van der Waals surface area contributed by atoms with E-state index in [2.05, 4.69) is 15.6 Å². The fourth-order valence-corrected chi connectivity index (χ4v) is 3.99. The summed E-state index contributed by atoms with van der Waals surface area (Å²) in [6, 6.07) is 9.17. The highest BCUT2D eigenvalue weighted by Crippen LogP contribution is 2.29. The predicted octanol–water partition coefficient (Wildman–Crippen LogP) is 3.56. The molecule has 0 saturated heterocycles. The molecule has 2 N–H and O–H groups in total. The van der Waals surface area contributed by atoms with E-state index in [1.54, 1.807) is 0 Å². The Labute approximate surface area is 160 Å². The molecule has 0 saturated carbocycles. The summed E-state index contributed by atoms with van der Waals surface area (Å²) in [4.78, 5) is 27.9. The van der Waals surface area contributed by atoms with E-state index in [1.807, 2.05) is 24.3 Å². The minimum absolute atomic E-state index is 0.0483. The molecule has 1 heterocycles. The molecule has 0 fully saturated rings. The number of nitrogens with zero attached hydrogens (tertiary/aromatic N) is 1. The monoisotopic (exact) mass is 411 g/mol. The summed E-state index contributed by atoms with van der Waals surface area (Å²) >= 11 is 2.68. The molecule has 0 aliphatic carbocycles. The highest BCUT2D eigenvalue weighted by atomic mass is 32.2. The van der Waals surface area contributed by atoms with E-state index >= 15 is 0 Å². The number of thiazole rings is 1. The Morgan fingerprint density at radius 1 is 1.04 bits per heavy atom. The lowest BCUT2D eigenvalue weighted by atomic mass is 10.2. The van der Waals surface area contributed by atoms with Gasteiger partial charge < -0.3 is 10.6 Å².